The molecule has 1 aliphatic rings. The average molecular weight is 478 g/mol. The topological polar surface area (TPSA) is 96.7 Å². The van der Waals surface area contributed by atoms with Gasteiger partial charge in [0.2, 0.25) is 11.6 Å². The Bertz CT molecular complexity index is 1150. The summed E-state index contributed by atoms with van der Waals surface area (Å²) >= 11 is 0. The van der Waals surface area contributed by atoms with Crippen molar-refractivity contribution in [3.63, 3.8) is 0 Å². The summed E-state index contributed by atoms with van der Waals surface area (Å²) < 4.78 is 54.0. The van der Waals surface area contributed by atoms with Crippen LogP contribution in [-0.4, -0.2) is 47.4 Å². The lowest BCUT2D eigenvalue weighted by atomic mass is 10.2. The van der Waals surface area contributed by atoms with Gasteiger partial charge >= 0.3 is 12.0 Å². The Kier molecular flexibility index (Phi) is 6.34. The second-order valence-electron chi connectivity index (χ2n) is 7.30. The SMILES string of the molecule is O=[N+]([O-])c1c(Nc2ccc(OC(F)(F)F)cc2)ncnc1N1CCN(c2ccc(F)cc2)CC1. The van der Waals surface area contributed by atoms with Crippen molar-refractivity contribution >= 4 is 28.7 Å². The fourth-order valence-corrected chi connectivity index (χ4v) is 3.57. The monoisotopic (exact) mass is 478 g/mol. The molecule has 0 atom stereocenters. The minimum Gasteiger partial charge on any atom is -0.406 e. The largest absolute Gasteiger partial charge is 0.573 e. The highest BCUT2D eigenvalue weighted by atomic mass is 19.4. The molecule has 0 aliphatic carbocycles. The van der Waals surface area contributed by atoms with Gasteiger partial charge in [-0.2, -0.15) is 0 Å². The Morgan fingerprint density at radius 1 is 0.941 bits per heavy atom. The lowest BCUT2D eigenvalue weighted by Crippen LogP contribution is -2.47. The highest BCUT2D eigenvalue weighted by Gasteiger charge is 2.31. The van der Waals surface area contributed by atoms with Crippen LogP contribution in [0.15, 0.2) is 54.9 Å². The maximum absolute atomic E-state index is 13.2. The Labute approximate surface area is 190 Å². The predicted molar refractivity (Wildman–Crippen MR) is 116 cm³/mol. The zero-order valence-corrected chi connectivity index (χ0v) is 17.5. The lowest BCUT2D eigenvalue weighted by Gasteiger charge is -2.36. The van der Waals surface area contributed by atoms with Gasteiger partial charge in [-0.1, -0.05) is 0 Å². The van der Waals surface area contributed by atoms with E-state index in [4.69, 9.17) is 0 Å². The molecule has 0 unspecified atom stereocenters. The first kappa shape index (κ1) is 23.0. The molecule has 2 aromatic carbocycles. The highest BCUT2D eigenvalue weighted by molar-refractivity contribution is 5.74. The molecule has 1 N–H and O–H groups in total. The first-order chi connectivity index (χ1) is 16.2. The molecule has 1 aromatic heterocycles. The molecule has 0 spiro atoms. The van der Waals surface area contributed by atoms with Crippen molar-refractivity contribution in [3.8, 4) is 5.75 Å². The molecule has 178 valence electrons. The van der Waals surface area contributed by atoms with Crippen LogP contribution in [0.3, 0.4) is 0 Å². The molecule has 0 amide bonds. The van der Waals surface area contributed by atoms with Gasteiger partial charge < -0.3 is 19.9 Å². The van der Waals surface area contributed by atoms with Crippen molar-refractivity contribution in [2.24, 2.45) is 0 Å². The normalized spacial score (nSPS) is 14.1. The smallest absolute Gasteiger partial charge is 0.406 e. The fraction of sp³-hybridized carbons (Fsp3) is 0.238. The number of halogens is 4. The summed E-state index contributed by atoms with van der Waals surface area (Å²) in [5, 5.41) is 14.6. The van der Waals surface area contributed by atoms with Crippen LogP contribution in [0.5, 0.6) is 5.75 Å². The number of hydrogen-bond acceptors (Lipinski definition) is 8. The van der Waals surface area contributed by atoms with Crippen LogP contribution in [0.1, 0.15) is 0 Å². The zero-order chi connectivity index (χ0) is 24.3. The molecular weight excluding hydrogens is 460 g/mol. The molecule has 13 heteroatoms. The minimum atomic E-state index is -4.82. The Balaban J connectivity index is 1.50. The predicted octanol–water partition coefficient (Wildman–Crippen LogP) is 4.49. The third-order valence-corrected chi connectivity index (χ3v) is 5.11. The number of aromatic nitrogens is 2. The number of alkyl halides is 3. The molecule has 34 heavy (non-hydrogen) atoms. The number of rotatable bonds is 6. The molecule has 1 fully saturated rings. The van der Waals surface area contributed by atoms with Crippen molar-refractivity contribution in [1.29, 1.82) is 0 Å². The summed E-state index contributed by atoms with van der Waals surface area (Å²) in [6.07, 6.45) is -3.64. The quantitative estimate of drug-likeness (QED) is 0.315. The van der Waals surface area contributed by atoms with E-state index in [9.17, 15) is 27.7 Å². The van der Waals surface area contributed by atoms with Gasteiger partial charge in [0, 0.05) is 37.6 Å². The molecule has 0 bridgehead atoms. The van der Waals surface area contributed by atoms with Crippen LogP contribution in [0, 0.1) is 15.9 Å². The molecule has 0 saturated carbocycles. The molecule has 3 aromatic rings. The number of piperazine rings is 1. The second-order valence-corrected chi connectivity index (χ2v) is 7.30. The maximum Gasteiger partial charge on any atom is 0.573 e. The number of ether oxygens (including phenoxy) is 1. The van der Waals surface area contributed by atoms with Crippen LogP contribution in [0.25, 0.3) is 0 Å². The van der Waals surface area contributed by atoms with Crippen LogP contribution >= 0.6 is 0 Å². The highest BCUT2D eigenvalue weighted by Crippen LogP contribution is 2.35. The van der Waals surface area contributed by atoms with Crippen molar-refractivity contribution in [3.05, 3.63) is 70.8 Å². The van der Waals surface area contributed by atoms with Gasteiger partial charge in [0.15, 0.2) is 0 Å². The van der Waals surface area contributed by atoms with Crippen LogP contribution in [-0.2, 0) is 0 Å². The number of nitrogens with one attached hydrogen (secondary N) is 1. The number of nitrogens with zero attached hydrogens (tertiary/aromatic N) is 5. The number of hydrogen-bond donors (Lipinski definition) is 1. The van der Waals surface area contributed by atoms with E-state index in [0.29, 0.717) is 26.2 Å². The molecule has 1 saturated heterocycles. The Morgan fingerprint density at radius 3 is 2.15 bits per heavy atom. The minimum absolute atomic E-state index is 0.0968. The summed E-state index contributed by atoms with van der Waals surface area (Å²) in [7, 11) is 0. The number of nitro groups is 1. The first-order valence-electron chi connectivity index (χ1n) is 10.1. The molecule has 2 heterocycles. The molecule has 9 nitrogen and oxygen atoms in total. The lowest BCUT2D eigenvalue weighted by molar-refractivity contribution is -0.383. The number of benzene rings is 2. The summed E-state index contributed by atoms with van der Waals surface area (Å²) in [6, 6.07) is 10.8. The Hall–Kier alpha value is -4.16. The Morgan fingerprint density at radius 2 is 1.56 bits per heavy atom. The van der Waals surface area contributed by atoms with E-state index in [1.807, 2.05) is 4.90 Å². The second kappa shape index (κ2) is 9.37. The van der Waals surface area contributed by atoms with Gasteiger partial charge in [0.05, 0.1) is 4.92 Å². The van der Waals surface area contributed by atoms with E-state index in [0.717, 1.165) is 17.8 Å². The van der Waals surface area contributed by atoms with E-state index < -0.39 is 17.0 Å². The third-order valence-electron chi connectivity index (χ3n) is 5.11. The van der Waals surface area contributed by atoms with Gasteiger partial charge in [-0.05, 0) is 48.5 Å². The average Bonchev–Trinajstić information content (AvgIpc) is 2.80. The summed E-state index contributed by atoms with van der Waals surface area (Å²) in [6.45, 7) is 1.93. The van der Waals surface area contributed by atoms with Gasteiger partial charge in [0.1, 0.15) is 17.9 Å². The van der Waals surface area contributed by atoms with Crippen molar-refractivity contribution in [2.75, 3.05) is 41.3 Å². The van der Waals surface area contributed by atoms with Crippen molar-refractivity contribution in [1.82, 2.24) is 9.97 Å². The maximum atomic E-state index is 13.2. The molecule has 1 aliphatic heterocycles. The standard InChI is InChI=1S/C21H18F4N6O3/c22-14-1-5-16(6-2-14)29-9-11-30(12-10-29)20-18(31(32)33)19(26-13-27-20)28-15-3-7-17(8-4-15)34-21(23,24)25/h1-8,13H,9-12H2,(H,26,27,28). The van der Waals surface area contributed by atoms with Gasteiger partial charge in [-0.15, -0.1) is 13.2 Å². The number of anilines is 4. The van der Waals surface area contributed by atoms with E-state index in [1.165, 1.54) is 30.6 Å². The fourth-order valence-electron chi connectivity index (χ4n) is 3.57. The summed E-state index contributed by atoms with van der Waals surface area (Å²) in [4.78, 5) is 23.1. The summed E-state index contributed by atoms with van der Waals surface area (Å²) in [5.74, 6) is -0.727. The van der Waals surface area contributed by atoms with Crippen LogP contribution < -0.4 is 19.9 Å². The van der Waals surface area contributed by atoms with Gasteiger partial charge in [-0.3, -0.25) is 10.1 Å². The molecule has 0 radical (unpaired) electrons. The van der Waals surface area contributed by atoms with Crippen LogP contribution in [0.4, 0.5) is 46.3 Å². The van der Waals surface area contributed by atoms with Gasteiger partial charge in [-0.25, -0.2) is 14.4 Å². The van der Waals surface area contributed by atoms with E-state index >= 15 is 0 Å². The third kappa shape index (κ3) is 5.42. The summed E-state index contributed by atoms with van der Waals surface area (Å²) in [5.41, 5.74) is 0.773. The molecule has 4 rings (SSSR count). The first-order valence-corrected chi connectivity index (χ1v) is 10.1. The van der Waals surface area contributed by atoms with Crippen molar-refractivity contribution < 1.29 is 27.2 Å². The zero-order valence-electron chi connectivity index (χ0n) is 17.5. The van der Waals surface area contributed by atoms with E-state index in [2.05, 4.69) is 20.0 Å². The van der Waals surface area contributed by atoms with E-state index in [-0.39, 0.29) is 28.8 Å². The van der Waals surface area contributed by atoms with Gasteiger partial charge in [0.25, 0.3) is 0 Å². The molecular formula is C21H18F4N6O3. The van der Waals surface area contributed by atoms with Crippen LogP contribution in [0.2, 0.25) is 0 Å². The van der Waals surface area contributed by atoms with Crippen molar-refractivity contribution in [2.45, 2.75) is 6.36 Å². The van der Waals surface area contributed by atoms with E-state index in [1.54, 1.807) is 17.0 Å².